The average Bonchev–Trinajstić information content (AvgIpc) is 3.24. The predicted molar refractivity (Wildman–Crippen MR) is 110 cm³/mol. The molecular weight excluding hydrogens is 374 g/mol. The highest BCUT2D eigenvalue weighted by Crippen LogP contribution is 2.19. The Morgan fingerprint density at radius 3 is 2.61 bits per heavy atom. The molecule has 0 amide bonds. The second-order valence-electron chi connectivity index (χ2n) is 6.19. The molecule has 0 atom stereocenters. The molecule has 0 radical (unpaired) electrons. The zero-order valence-electron chi connectivity index (χ0n) is 14.8. The highest BCUT2D eigenvalue weighted by Gasteiger charge is 2.13. The summed E-state index contributed by atoms with van der Waals surface area (Å²) in [6, 6.07) is 20.8. The molecule has 0 bridgehead atoms. The van der Waals surface area contributed by atoms with E-state index in [0.717, 1.165) is 16.3 Å². The van der Waals surface area contributed by atoms with E-state index in [1.807, 2.05) is 53.2 Å². The van der Waals surface area contributed by atoms with Crippen LogP contribution in [-0.4, -0.2) is 21.2 Å². The summed E-state index contributed by atoms with van der Waals surface area (Å²) >= 11 is 6.07. The molecule has 0 spiro atoms. The largest absolute Gasteiger partial charge is 0.367 e. The summed E-state index contributed by atoms with van der Waals surface area (Å²) in [6.45, 7) is 0.411. The minimum Gasteiger partial charge on any atom is -0.331 e. The Bertz CT molecular complexity index is 1150. The van der Waals surface area contributed by atoms with Gasteiger partial charge in [-0.15, -0.1) is 0 Å². The highest BCUT2D eigenvalue weighted by atomic mass is 35.5. The Balaban J connectivity index is 1.67. The van der Waals surface area contributed by atoms with Crippen molar-refractivity contribution in [2.45, 2.75) is 6.54 Å². The number of carbonyl (C=O) groups excluding carboxylic acids is 1. The van der Waals surface area contributed by atoms with Crippen LogP contribution in [0.15, 0.2) is 90.6 Å². The van der Waals surface area contributed by atoms with Gasteiger partial charge in [0.25, 0.3) is 0 Å². The summed E-state index contributed by atoms with van der Waals surface area (Å²) in [6.07, 6.45) is 5.20. The minimum absolute atomic E-state index is 0.272. The lowest BCUT2D eigenvalue weighted by molar-refractivity contribution is 0.0515. The first-order valence-corrected chi connectivity index (χ1v) is 9.06. The summed E-state index contributed by atoms with van der Waals surface area (Å²) in [4.78, 5) is 21.7. The first kappa shape index (κ1) is 17.9. The molecule has 4 rings (SSSR count). The number of hydrogen-bond donors (Lipinski definition) is 0. The van der Waals surface area contributed by atoms with Crippen LogP contribution in [-0.2, 0) is 11.4 Å². The lowest BCUT2D eigenvalue weighted by Crippen LogP contribution is -2.13. The van der Waals surface area contributed by atoms with Gasteiger partial charge in [0.15, 0.2) is 0 Å². The average molecular weight is 390 g/mol. The van der Waals surface area contributed by atoms with Gasteiger partial charge in [0.2, 0.25) is 0 Å². The van der Waals surface area contributed by atoms with E-state index in [-0.39, 0.29) is 5.56 Å². The third kappa shape index (κ3) is 3.94. The molecule has 0 unspecified atom stereocenters. The number of imidazole rings is 1. The second-order valence-corrected chi connectivity index (χ2v) is 6.60. The van der Waals surface area contributed by atoms with Gasteiger partial charge >= 0.3 is 5.97 Å². The van der Waals surface area contributed by atoms with Crippen molar-refractivity contribution in [2.75, 3.05) is 0 Å². The quantitative estimate of drug-likeness (QED) is 0.275. The molecule has 0 saturated carbocycles. The molecule has 0 saturated heterocycles. The first-order valence-electron chi connectivity index (χ1n) is 8.68. The van der Waals surface area contributed by atoms with Crippen molar-refractivity contribution in [1.29, 1.82) is 0 Å². The van der Waals surface area contributed by atoms with Crippen LogP contribution in [0, 0.1) is 0 Å². The van der Waals surface area contributed by atoms with E-state index in [1.165, 1.54) is 0 Å². The van der Waals surface area contributed by atoms with Gasteiger partial charge in [-0.1, -0.05) is 65.3 Å². The predicted octanol–water partition coefficient (Wildman–Crippen LogP) is 4.95. The summed E-state index contributed by atoms with van der Waals surface area (Å²) in [7, 11) is 0. The van der Waals surface area contributed by atoms with Crippen molar-refractivity contribution >= 4 is 34.1 Å². The van der Waals surface area contributed by atoms with Gasteiger partial charge in [-0.05, 0) is 29.0 Å². The lowest BCUT2D eigenvalue weighted by atomic mass is 10.0. The fourth-order valence-corrected chi connectivity index (χ4v) is 3.08. The zero-order valence-corrected chi connectivity index (χ0v) is 15.6. The number of rotatable bonds is 5. The number of halogens is 1. The van der Waals surface area contributed by atoms with Crippen LogP contribution in [0.25, 0.3) is 10.8 Å². The molecule has 3 aromatic carbocycles. The smallest absolute Gasteiger partial charge is 0.331 e. The standard InChI is InChI=1S/C22H16ClN3O2/c23-20-8-4-3-7-19(20)22(27)28-25-21(14-26-12-11-24-15-26)18-10-9-16-5-1-2-6-17(16)13-18/h1-13,15H,14H2/b25-21+. The molecule has 0 aliphatic carbocycles. The van der Waals surface area contributed by atoms with E-state index in [9.17, 15) is 4.79 Å². The van der Waals surface area contributed by atoms with E-state index in [1.54, 1.807) is 36.8 Å². The monoisotopic (exact) mass is 389 g/mol. The molecule has 28 heavy (non-hydrogen) atoms. The summed E-state index contributed by atoms with van der Waals surface area (Å²) in [5.41, 5.74) is 1.73. The first-order chi connectivity index (χ1) is 13.7. The maximum absolute atomic E-state index is 12.4. The number of carbonyl (C=O) groups is 1. The number of nitrogens with zero attached hydrogens (tertiary/aromatic N) is 3. The van der Waals surface area contributed by atoms with Gasteiger partial charge in [-0.3, -0.25) is 0 Å². The molecule has 0 aliphatic heterocycles. The zero-order chi connectivity index (χ0) is 19.3. The minimum atomic E-state index is -0.602. The molecule has 138 valence electrons. The van der Waals surface area contributed by atoms with Gasteiger partial charge in [-0.2, -0.15) is 0 Å². The van der Waals surface area contributed by atoms with Gasteiger partial charge < -0.3 is 9.40 Å². The van der Waals surface area contributed by atoms with E-state index in [0.29, 0.717) is 17.3 Å². The molecule has 5 nitrogen and oxygen atoms in total. The number of fused-ring (bicyclic) bond motifs is 1. The maximum Gasteiger partial charge on any atom is 0.367 e. The molecule has 1 heterocycles. The van der Waals surface area contributed by atoms with Crippen LogP contribution in [0.1, 0.15) is 15.9 Å². The van der Waals surface area contributed by atoms with Crippen molar-refractivity contribution in [3.63, 3.8) is 0 Å². The maximum atomic E-state index is 12.4. The highest BCUT2D eigenvalue weighted by molar-refractivity contribution is 6.33. The van der Waals surface area contributed by atoms with Gasteiger partial charge in [0.05, 0.1) is 23.5 Å². The Hall–Kier alpha value is -3.44. The molecule has 0 fully saturated rings. The van der Waals surface area contributed by atoms with Crippen molar-refractivity contribution in [1.82, 2.24) is 9.55 Å². The fraction of sp³-hybridized carbons (Fsp3) is 0.0455. The van der Waals surface area contributed by atoms with Crippen LogP contribution in [0.5, 0.6) is 0 Å². The van der Waals surface area contributed by atoms with E-state index in [2.05, 4.69) is 10.1 Å². The van der Waals surface area contributed by atoms with Crippen LogP contribution in [0.2, 0.25) is 5.02 Å². The van der Waals surface area contributed by atoms with Crippen LogP contribution in [0.4, 0.5) is 0 Å². The van der Waals surface area contributed by atoms with Crippen LogP contribution < -0.4 is 0 Å². The summed E-state index contributed by atoms with van der Waals surface area (Å²) < 4.78 is 1.86. The van der Waals surface area contributed by atoms with Gasteiger partial charge in [-0.25, -0.2) is 9.78 Å². The third-order valence-electron chi connectivity index (χ3n) is 4.31. The van der Waals surface area contributed by atoms with Gasteiger partial charge in [0, 0.05) is 18.0 Å². The normalized spacial score (nSPS) is 11.5. The van der Waals surface area contributed by atoms with Crippen molar-refractivity contribution in [2.24, 2.45) is 5.16 Å². The van der Waals surface area contributed by atoms with E-state index < -0.39 is 5.97 Å². The van der Waals surface area contributed by atoms with E-state index in [4.69, 9.17) is 16.4 Å². The molecular formula is C22H16ClN3O2. The summed E-state index contributed by atoms with van der Waals surface area (Å²) in [5, 5.41) is 6.68. The molecule has 4 aromatic rings. The number of hydrogen-bond acceptors (Lipinski definition) is 4. The Labute approximate surface area is 166 Å². The Morgan fingerprint density at radius 1 is 1.04 bits per heavy atom. The van der Waals surface area contributed by atoms with E-state index >= 15 is 0 Å². The Kier molecular flexibility index (Phi) is 5.17. The number of aromatic nitrogens is 2. The molecule has 1 aromatic heterocycles. The topological polar surface area (TPSA) is 56.5 Å². The summed E-state index contributed by atoms with van der Waals surface area (Å²) in [5.74, 6) is -0.602. The SMILES string of the molecule is O=C(O/N=C(\Cn1ccnc1)c1ccc2ccccc2c1)c1ccccc1Cl. The van der Waals surface area contributed by atoms with Crippen LogP contribution in [0.3, 0.4) is 0 Å². The number of benzene rings is 3. The number of oxime groups is 1. The van der Waals surface area contributed by atoms with Crippen LogP contribution >= 0.6 is 11.6 Å². The molecule has 6 heteroatoms. The Morgan fingerprint density at radius 2 is 1.82 bits per heavy atom. The molecule has 0 aliphatic rings. The van der Waals surface area contributed by atoms with Crippen molar-refractivity contribution < 1.29 is 9.63 Å². The van der Waals surface area contributed by atoms with Crippen molar-refractivity contribution in [3.8, 4) is 0 Å². The molecule has 0 N–H and O–H groups in total. The third-order valence-corrected chi connectivity index (χ3v) is 4.64. The fourth-order valence-electron chi connectivity index (χ4n) is 2.87. The van der Waals surface area contributed by atoms with Crippen molar-refractivity contribution in [3.05, 3.63) is 102 Å². The lowest BCUT2D eigenvalue weighted by Gasteiger charge is -2.09. The second kappa shape index (κ2) is 8.06. The van der Waals surface area contributed by atoms with Gasteiger partial charge in [0.1, 0.15) is 5.71 Å².